The van der Waals surface area contributed by atoms with Crippen molar-refractivity contribution in [2.24, 2.45) is 0 Å². The minimum Gasteiger partial charge on any atom is -0.319 e. The second-order valence-electron chi connectivity index (χ2n) is 8.77. The molecule has 182 valence electrons. The van der Waals surface area contributed by atoms with Crippen LogP contribution in [0.3, 0.4) is 0 Å². The number of urea groups is 1. The summed E-state index contributed by atoms with van der Waals surface area (Å²) in [5.74, 6) is -1.34. The molecule has 0 saturated carbocycles. The number of aryl methyl sites for hydroxylation is 1. The summed E-state index contributed by atoms with van der Waals surface area (Å²) in [7, 11) is 0. The fourth-order valence-electron chi connectivity index (χ4n) is 4.56. The molecule has 0 spiro atoms. The third-order valence-corrected chi connectivity index (χ3v) is 6.41. The molecule has 36 heavy (non-hydrogen) atoms. The smallest absolute Gasteiger partial charge is 0.319 e. The van der Waals surface area contributed by atoms with E-state index in [9.17, 15) is 18.8 Å². The number of hydrogen-bond acceptors (Lipinski definition) is 6. The molecule has 11 heteroatoms. The van der Waals surface area contributed by atoms with E-state index in [2.05, 4.69) is 20.8 Å². The number of hydrogen-bond donors (Lipinski definition) is 1. The van der Waals surface area contributed by atoms with Gasteiger partial charge in [-0.05, 0) is 73.2 Å². The van der Waals surface area contributed by atoms with Gasteiger partial charge in [0.1, 0.15) is 17.7 Å². The highest BCUT2D eigenvalue weighted by atomic mass is 19.1. The number of halogens is 1. The molecule has 4 aromatic rings. The minimum absolute atomic E-state index is 0.353. The number of ketones is 1. The number of amides is 3. The highest BCUT2D eigenvalue weighted by molar-refractivity contribution is 6.11. The Balaban J connectivity index is 1.41. The number of Topliss-reactive ketones (excluding diaryl/α,β-unsaturated/α-hetero) is 1. The molecule has 10 nitrogen and oxygen atoms in total. The molecule has 1 aliphatic heterocycles. The van der Waals surface area contributed by atoms with Crippen LogP contribution in [0.25, 0.3) is 11.4 Å². The predicted octanol–water partition coefficient (Wildman–Crippen LogP) is 2.86. The summed E-state index contributed by atoms with van der Waals surface area (Å²) in [6.07, 6.45) is 1.42. The first kappa shape index (κ1) is 23.1. The van der Waals surface area contributed by atoms with Crippen molar-refractivity contribution < 1.29 is 18.8 Å². The number of carbonyl (C=O) groups is 3. The Kier molecular flexibility index (Phi) is 5.47. The fourth-order valence-corrected chi connectivity index (χ4v) is 4.56. The molecule has 1 saturated heterocycles. The Morgan fingerprint density at radius 1 is 1.06 bits per heavy atom. The third-order valence-electron chi connectivity index (χ3n) is 6.41. The lowest BCUT2D eigenvalue weighted by molar-refractivity contribution is -0.130. The van der Waals surface area contributed by atoms with Crippen LogP contribution < -0.4 is 5.32 Å². The van der Waals surface area contributed by atoms with Gasteiger partial charge >= 0.3 is 6.03 Å². The molecule has 1 atom stereocenters. The molecule has 0 unspecified atom stereocenters. The zero-order valence-electron chi connectivity index (χ0n) is 19.8. The van der Waals surface area contributed by atoms with Crippen molar-refractivity contribution in [3.8, 4) is 11.4 Å². The molecular weight excluding hydrogens is 465 g/mol. The average molecular weight is 487 g/mol. The van der Waals surface area contributed by atoms with Gasteiger partial charge in [0.15, 0.2) is 5.78 Å². The molecule has 1 fully saturated rings. The van der Waals surface area contributed by atoms with Crippen molar-refractivity contribution in [2.75, 3.05) is 6.54 Å². The van der Waals surface area contributed by atoms with E-state index in [0.717, 1.165) is 10.6 Å². The molecule has 0 bridgehead atoms. The van der Waals surface area contributed by atoms with Crippen molar-refractivity contribution >= 4 is 17.7 Å². The summed E-state index contributed by atoms with van der Waals surface area (Å²) in [6, 6.07) is 14.0. The van der Waals surface area contributed by atoms with Crippen LogP contribution in [0.15, 0.2) is 60.9 Å². The van der Waals surface area contributed by atoms with E-state index < -0.39 is 35.6 Å². The van der Waals surface area contributed by atoms with E-state index in [1.165, 1.54) is 23.1 Å². The monoisotopic (exact) mass is 487 g/mol. The first-order valence-corrected chi connectivity index (χ1v) is 11.1. The molecule has 5 rings (SSSR count). The van der Waals surface area contributed by atoms with Gasteiger partial charge in [-0.2, -0.15) is 0 Å². The van der Waals surface area contributed by atoms with E-state index in [0.29, 0.717) is 28.2 Å². The minimum atomic E-state index is -1.38. The average Bonchev–Trinajstić information content (AvgIpc) is 3.54. The molecule has 3 heterocycles. The van der Waals surface area contributed by atoms with Gasteiger partial charge in [-0.15, -0.1) is 5.10 Å². The van der Waals surface area contributed by atoms with Crippen LogP contribution in [-0.4, -0.2) is 53.9 Å². The number of tetrazole rings is 1. The first-order valence-electron chi connectivity index (χ1n) is 11.1. The molecule has 3 amide bonds. The molecular formula is C25H22FN7O3. The van der Waals surface area contributed by atoms with Gasteiger partial charge < -0.3 is 9.88 Å². The fraction of sp³-hybridized carbons (Fsp3) is 0.200. The summed E-state index contributed by atoms with van der Waals surface area (Å²) >= 11 is 0. The summed E-state index contributed by atoms with van der Waals surface area (Å²) in [5.41, 5.74) is 2.00. The number of rotatable bonds is 6. The van der Waals surface area contributed by atoms with Crippen LogP contribution >= 0.6 is 0 Å². The second kappa shape index (κ2) is 8.52. The molecule has 2 aromatic carbocycles. The van der Waals surface area contributed by atoms with E-state index in [1.807, 2.05) is 0 Å². The van der Waals surface area contributed by atoms with E-state index >= 15 is 0 Å². The van der Waals surface area contributed by atoms with Gasteiger partial charge in [0.05, 0.1) is 12.2 Å². The van der Waals surface area contributed by atoms with Crippen LogP contribution in [0.2, 0.25) is 0 Å². The Morgan fingerprint density at radius 3 is 2.53 bits per heavy atom. The maximum Gasteiger partial charge on any atom is 0.325 e. The van der Waals surface area contributed by atoms with Crippen molar-refractivity contribution in [1.29, 1.82) is 0 Å². The summed E-state index contributed by atoms with van der Waals surface area (Å²) < 4.78 is 17.0. The molecule has 1 N–H and O–H groups in total. The summed E-state index contributed by atoms with van der Waals surface area (Å²) in [4.78, 5) is 40.4. The number of imide groups is 1. The zero-order valence-corrected chi connectivity index (χ0v) is 19.8. The van der Waals surface area contributed by atoms with Crippen LogP contribution in [0.4, 0.5) is 9.18 Å². The van der Waals surface area contributed by atoms with Gasteiger partial charge in [0, 0.05) is 22.6 Å². The number of carbonyl (C=O) groups excluding carboxylic acids is 3. The number of nitrogens with zero attached hydrogens (tertiary/aromatic N) is 6. The SMILES string of the molecule is Cc1cc(C(=O)CN2C(=O)N[C@](C)(c3cccc(-n4cnnn4)c3)C2=O)c(C)n1-c1cccc(F)c1. The Bertz CT molecular complexity index is 1510. The first-order chi connectivity index (χ1) is 17.2. The van der Waals surface area contributed by atoms with Crippen molar-refractivity contribution in [3.63, 3.8) is 0 Å². The van der Waals surface area contributed by atoms with Crippen LogP contribution in [0.1, 0.15) is 34.2 Å². The number of aromatic nitrogens is 5. The van der Waals surface area contributed by atoms with E-state index in [1.54, 1.807) is 67.8 Å². The standard InChI is InChI=1S/C25H22FN7O3/c1-15-10-21(16(2)33(15)20-9-5-7-18(26)12-20)22(34)13-31-23(35)25(3,28-24(31)36)17-6-4-8-19(11-17)32-14-27-29-30-32/h4-12,14H,13H2,1-3H3,(H,28,36)/t25-/m1/s1. The molecule has 2 aromatic heterocycles. The van der Waals surface area contributed by atoms with Crippen molar-refractivity contribution in [3.05, 3.63) is 89.3 Å². The van der Waals surface area contributed by atoms with Gasteiger partial charge in [0.25, 0.3) is 5.91 Å². The summed E-state index contributed by atoms with van der Waals surface area (Å²) in [5, 5.41) is 13.8. The highest BCUT2D eigenvalue weighted by Gasteiger charge is 2.49. The summed E-state index contributed by atoms with van der Waals surface area (Å²) in [6.45, 7) is 4.70. The lowest BCUT2D eigenvalue weighted by Crippen LogP contribution is -2.41. The lowest BCUT2D eigenvalue weighted by atomic mass is 9.91. The highest BCUT2D eigenvalue weighted by Crippen LogP contribution is 2.30. The quantitative estimate of drug-likeness (QED) is 0.330. The molecule has 1 aliphatic rings. The zero-order chi connectivity index (χ0) is 25.6. The normalized spacial score (nSPS) is 17.5. The lowest BCUT2D eigenvalue weighted by Gasteiger charge is -2.22. The Hall–Kier alpha value is -4.67. The van der Waals surface area contributed by atoms with Gasteiger partial charge in [-0.3, -0.25) is 14.5 Å². The van der Waals surface area contributed by atoms with Crippen molar-refractivity contribution in [2.45, 2.75) is 26.3 Å². The van der Waals surface area contributed by atoms with Crippen LogP contribution in [0.5, 0.6) is 0 Å². The van der Waals surface area contributed by atoms with Gasteiger partial charge in [-0.1, -0.05) is 18.2 Å². The molecule has 0 radical (unpaired) electrons. The topological polar surface area (TPSA) is 115 Å². The Labute approximate surface area is 205 Å². The maximum absolute atomic E-state index is 13.8. The maximum atomic E-state index is 13.8. The number of nitrogens with one attached hydrogen (secondary N) is 1. The van der Waals surface area contributed by atoms with Gasteiger partial charge in [-0.25, -0.2) is 13.9 Å². The predicted molar refractivity (Wildman–Crippen MR) is 126 cm³/mol. The Morgan fingerprint density at radius 2 is 1.81 bits per heavy atom. The van der Waals surface area contributed by atoms with Gasteiger partial charge in [0.2, 0.25) is 0 Å². The largest absolute Gasteiger partial charge is 0.325 e. The molecule has 0 aliphatic carbocycles. The van der Waals surface area contributed by atoms with E-state index in [4.69, 9.17) is 0 Å². The van der Waals surface area contributed by atoms with Crippen LogP contribution in [-0.2, 0) is 10.3 Å². The van der Waals surface area contributed by atoms with Crippen LogP contribution in [0, 0.1) is 19.7 Å². The number of benzene rings is 2. The third kappa shape index (κ3) is 3.74. The van der Waals surface area contributed by atoms with Crippen molar-refractivity contribution in [1.82, 2.24) is 35.0 Å². The van der Waals surface area contributed by atoms with E-state index in [-0.39, 0.29) is 0 Å². The second-order valence-corrected chi connectivity index (χ2v) is 8.77.